The Balaban J connectivity index is 0.00000196. The number of nitrogens with zero attached hydrogens (tertiary/aromatic N) is 3. The van der Waals surface area contributed by atoms with Crippen LogP contribution in [-0.4, -0.2) is 61.2 Å². The van der Waals surface area contributed by atoms with Crippen LogP contribution >= 0.6 is 12.4 Å². The Labute approximate surface area is 160 Å². The Morgan fingerprint density at radius 3 is 2.73 bits per heavy atom. The first kappa shape index (κ1) is 18.7. The van der Waals surface area contributed by atoms with E-state index in [1.807, 2.05) is 25.5 Å². The topological polar surface area (TPSA) is 47.2 Å². The number of hydrogen-bond acceptors (Lipinski definition) is 4. The fourth-order valence-corrected chi connectivity index (χ4v) is 3.63. The second-order valence-electron chi connectivity index (χ2n) is 6.55. The van der Waals surface area contributed by atoms with Crippen LogP contribution in [0.25, 0.3) is 22.2 Å². The third-order valence-electron chi connectivity index (χ3n) is 5.03. The van der Waals surface area contributed by atoms with Gasteiger partial charge in [-0.05, 0) is 31.3 Å². The molecule has 0 aliphatic carbocycles. The summed E-state index contributed by atoms with van der Waals surface area (Å²) in [5.41, 5.74) is 4.68. The summed E-state index contributed by atoms with van der Waals surface area (Å²) in [6, 6.07) is 12.8. The van der Waals surface area contributed by atoms with Crippen LogP contribution in [0.3, 0.4) is 0 Å². The number of likely N-dealkylation sites (N-methyl/N-ethyl adjacent to an activating group) is 1. The molecular weight excluding hydrogens is 346 g/mol. The van der Waals surface area contributed by atoms with Crippen LogP contribution in [0.4, 0.5) is 5.69 Å². The van der Waals surface area contributed by atoms with E-state index in [4.69, 9.17) is 4.98 Å². The van der Waals surface area contributed by atoms with E-state index < -0.39 is 0 Å². The van der Waals surface area contributed by atoms with Gasteiger partial charge < -0.3 is 15.2 Å². The van der Waals surface area contributed by atoms with Crippen molar-refractivity contribution in [2.45, 2.75) is 0 Å². The number of H-pyrrole nitrogens is 1. The van der Waals surface area contributed by atoms with Gasteiger partial charge in [-0.3, -0.25) is 9.88 Å². The van der Waals surface area contributed by atoms with E-state index in [0.29, 0.717) is 0 Å². The molecule has 5 nitrogen and oxygen atoms in total. The number of hydrogen-bond donors (Lipinski definition) is 2. The van der Waals surface area contributed by atoms with E-state index in [9.17, 15) is 0 Å². The number of piperazine rings is 1. The van der Waals surface area contributed by atoms with E-state index in [1.165, 1.54) is 16.6 Å². The van der Waals surface area contributed by atoms with Crippen LogP contribution in [0.2, 0.25) is 0 Å². The second-order valence-corrected chi connectivity index (χ2v) is 6.55. The van der Waals surface area contributed by atoms with Gasteiger partial charge in [-0.2, -0.15) is 0 Å². The highest BCUT2D eigenvalue weighted by molar-refractivity contribution is 5.97. The molecule has 1 fully saturated rings. The van der Waals surface area contributed by atoms with Crippen LogP contribution < -0.4 is 10.2 Å². The zero-order valence-electron chi connectivity index (χ0n) is 15.1. The first-order valence-corrected chi connectivity index (χ1v) is 9.00. The Bertz CT molecular complexity index is 839. The van der Waals surface area contributed by atoms with Crippen LogP contribution in [0.5, 0.6) is 0 Å². The van der Waals surface area contributed by atoms with Gasteiger partial charge >= 0.3 is 0 Å². The highest BCUT2D eigenvalue weighted by atomic mass is 35.5. The van der Waals surface area contributed by atoms with E-state index in [2.05, 4.69) is 50.4 Å². The lowest BCUT2D eigenvalue weighted by Crippen LogP contribution is -2.48. The maximum atomic E-state index is 4.74. The molecule has 1 aromatic carbocycles. The van der Waals surface area contributed by atoms with Gasteiger partial charge in [-0.1, -0.05) is 12.1 Å². The summed E-state index contributed by atoms with van der Waals surface area (Å²) in [5.74, 6) is 0. The summed E-state index contributed by atoms with van der Waals surface area (Å²) in [5, 5.41) is 4.47. The van der Waals surface area contributed by atoms with E-state index in [0.717, 1.165) is 50.5 Å². The minimum absolute atomic E-state index is 0. The molecule has 6 heteroatoms. The SMILES string of the molecule is CNCCN1CCN(c2cccnc2-c2cccc3[nH]ccc23)CC1.Cl. The summed E-state index contributed by atoms with van der Waals surface area (Å²) in [7, 11) is 2.01. The normalized spacial score (nSPS) is 15.2. The monoisotopic (exact) mass is 371 g/mol. The summed E-state index contributed by atoms with van der Waals surface area (Å²) in [6.45, 7) is 6.46. The van der Waals surface area contributed by atoms with Crippen molar-refractivity contribution in [3.63, 3.8) is 0 Å². The molecule has 0 saturated carbocycles. The van der Waals surface area contributed by atoms with Crippen LogP contribution in [0, 0.1) is 0 Å². The smallest absolute Gasteiger partial charge is 0.0942 e. The Hall–Kier alpha value is -2.08. The van der Waals surface area contributed by atoms with E-state index in [-0.39, 0.29) is 12.4 Å². The summed E-state index contributed by atoms with van der Waals surface area (Å²) < 4.78 is 0. The quantitative estimate of drug-likeness (QED) is 0.723. The number of benzene rings is 1. The number of pyridine rings is 1. The second kappa shape index (κ2) is 8.54. The van der Waals surface area contributed by atoms with Gasteiger partial charge in [-0.25, -0.2) is 0 Å². The molecule has 0 atom stereocenters. The number of aromatic amines is 1. The number of halogens is 1. The fourth-order valence-electron chi connectivity index (χ4n) is 3.63. The van der Waals surface area contributed by atoms with Gasteiger partial charge in [0, 0.05) is 68.1 Å². The van der Waals surface area contributed by atoms with Crippen molar-refractivity contribution in [3.05, 3.63) is 48.8 Å². The van der Waals surface area contributed by atoms with Crippen molar-refractivity contribution in [3.8, 4) is 11.3 Å². The third-order valence-corrected chi connectivity index (χ3v) is 5.03. The lowest BCUT2D eigenvalue weighted by Gasteiger charge is -2.36. The molecule has 1 saturated heterocycles. The predicted molar refractivity (Wildman–Crippen MR) is 111 cm³/mol. The van der Waals surface area contributed by atoms with Gasteiger partial charge in [0.05, 0.1) is 11.4 Å². The number of rotatable bonds is 5. The zero-order chi connectivity index (χ0) is 17.1. The lowest BCUT2D eigenvalue weighted by atomic mass is 10.0. The molecule has 1 aliphatic rings. The molecule has 2 N–H and O–H groups in total. The molecule has 0 spiro atoms. The van der Waals surface area contributed by atoms with Gasteiger partial charge in [-0.15, -0.1) is 12.4 Å². The average Bonchev–Trinajstić information content (AvgIpc) is 3.16. The lowest BCUT2D eigenvalue weighted by molar-refractivity contribution is 0.260. The van der Waals surface area contributed by atoms with Crippen molar-refractivity contribution in [1.29, 1.82) is 0 Å². The molecule has 0 unspecified atom stereocenters. The van der Waals surface area contributed by atoms with Gasteiger partial charge in [0.25, 0.3) is 0 Å². The summed E-state index contributed by atoms with van der Waals surface area (Å²) >= 11 is 0. The molecule has 4 rings (SSSR count). The molecule has 0 amide bonds. The number of nitrogens with one attached hydrogen (secondary N) is 2. The number of fused-ring (bicyclic) bond motifs is 1. The molecule has 1 aliphatic heterocycles. The minimum atomic E-state index is 0. The van der Waals surface area contributed by atoms with Gasteiger partial charge in [0.2, 0.25) is 0 Å². The first-order valence-electron chi connectivity index (χ1n) is 9.00. The largest absolute Gasteiger partial charge is 0.367 e. The van der Waals surface area contributed by atoms with Gasteiger partial charge in [0.15, 0.2) is 0 Å². The molecule has 0 bridgehead atoms. The van der Waals surface area contributed by atoms with E-state index >= 15 is 0 Å². The van der Waals surface area contributed by atoms with Crippen molar-refractivity contribution in [1.82, 2.24) is 20.2 Å². The van der Waals surface area contributed by atoms with E-state index in [1.54, 1.807) is 0 Å². The Morgan fingerprint density at radius 2 is 1.92 bits per heavy atom. The maximum Gasteiger partial charge on any atom is 0.0942 e. The molecule has 26 heavy (non-hydrogen) atoms. The maximum absolute atomic E-state index is 4.74. The molecule has 138 valence electrons. The molecule has 2 aromatic heterocycles. The Kier molecular flexibility index (Phi) is 6.14. The zero-order valence-corrected chi connectivity index (χ0v) is 15.9. The Morgan fingerprint density at radius 1 is 1.08 bits per heavy atom. The molecular formula is C20H26ClN5. The molecule has 0 radical (unpaired) electrons. The first-order chi connectivity index (χ1) is 12.4. The van der Waals surface area contributed by atoms with Crippen molar-refractivity contribution in [2.24, 2.45) is 0 Å². The van der Waals surface area contributed by atoms with Crippen LogP contribution in [0.15, 0.2) is 48.8 Å². The highest BCUT2D eigenvalue weighted by Gasteiger charge is 2.20. The highest BCUT2D eigenvalue weighted by Crippen LogP contribution is 2.33. The average molecular weight is 372 g/mol. The summed E-state index contributed by atoms with van der Waals surface area (Å²) in [4.78, 5) is 13.0. The predicted octanol–water partition coefficient (Wildman–Crippen LogP) is 2.99. The van der Waals surface area contributed by atoms with Gasteiger partial charge in [0.1, 0.15) is 0 Å². The number of anilines is 1. The van der Waals surface area contributed by atoms with Crippen LogP contribution in [0.1, 0.15) is 0 Å². The summed E-state index contributed by atoms with van der Waals surface area (Å²) in [6.07, 6.45) is 3.89. The third kappa shape index (κ3) is 3.70. The van der Waals surface area contributed by atoms with Crippen molar-refractivity contribution in [2.75, 3.05) is 51.2 Å². The molecule has 3 heterocycles. The number of aromatic nitrogens is 2. The standard InChI is InChI=1S/C20H25N5.ClH/c1-21-10-11-24-12-14-25(15-13-24)19-6-3-8-23-20(19)17-4-2-5-18-16(17)7-9-22-18;/h2-9,21-22H,10-15H2,1H3;1H. The minimum Gasteiger partial charge on any atom is -0.367 e. The van der Waals surface area contributed by atoms with Crippen molar-refractivity contribution < 1.29 is 0 Å². The molecule has 3 aromatic rings. The van der Waals surface area contributed by atoms with Crippen LogP contribution in [-0.2, 0) is 0 Å². The van der Waals surface area contributed by atoms with Crippen molar-refractivity contribution >= 4 is 29.0 Å². The fraction of sp³-hybridized carbons (Fsp3) is 0.350.